The fourth-order valence-corrected chi connectivity index (χ4v) is 1.59. The molecule has 0 saturated heterocycles. The number of nitrogens with two attached hydrogens (primary N) is 1. The van der Waals surface area contributed by atoms with Crippen LogP contribution in [-0.4, -0.2) is 18.2 Å². The van der Waals surface area contributed by atoms with Crippen LogP contribution in [0.15, 0.2) is 0 Å². The van der Waals surface area contributed by atoms with Crippen LogP contribution in [-0.2, 0) is 4.74 Å². The lowest BCUT2D eigenvalue weighted by Gasteiger charge is -2.35. The van der Waals surface area contributed by atoms with Crippen LogP contribution in [0.2, 0.25) is 0 Å². The van der Waals surface area contributed by atoms with Crippen LogP contribution in [0.3, 0.4) is 0 Å². The van der Waals surface area contributed by atoms with Crippen LogP contribution in [0.4, 0.5) is 0 Å². The summed E-state index contributed by atoms with van der Waals surface area (Å²) in [5.74, 6) is 6.24. The van der Waals surface area contributed by atoms with Gasteiger partial charge in [-0.2, -0.15) is 0 Å². The van der Waals surface area contributed by atoms with Crippen LogP contribution >= 0.6 is 0 Å². The first-order chi connectivity index (χ1) is 6.47. The third-order valence-electron chi connectivity index (χ3n) is 2.89. The molecule has 3 N–H and O–H groups in total. The number of ether oxygens (including phenoxy) is 1. The van der Waals surface area contributed by atoms with Gasteiger partial charge in [0.2, 0.25) is 0 Å². The topological polar surface area (TPSA) is 47.3 Å². The van der Waals surface area contributed by atoms with Gasteiger partial charge in [-0.05, 0) is 33.1 Å². The molecule has 0 heterocycles. The van der Waals surface area contributed by atoms with E-state index in [0.29, 0.717) is 5.92 Å². The zero-order valence-corrected chi connectivity index (χ0v) is 10.3. The van der Waals surface area contributed by atoms with Gasteiger partial charge in [0.25, 0.3) is 0 Å². The summed E-state index contributed by atoms with van der Waals surface area (Å²) in [4.78, 5) is 0. The molecular formula is C11H26N2O. The molecule has 0 amide bonds. The molecule has 0 radical (unpaired) electrons. The first-order valence-electron chi connectivity index (χ1n) is 5.58. The standard InChI is InChI=1S/C11H26N2O/c1-6-9(3)8-10(13-12)11(4,5)14-7-2/h9-10,13H,6-8,12H2,1-5H3. The molecule has 0 saturated carbocycles. The van der Waals surface area contributed by atoms with Gasteiger partial charge in [0.15, 0.2) is 0 Å². The predicted octanol–water partition coefficient (Wildman–Crippen LogP) is 2.07. The van der Waals surface area contributed by atoms with E-state index in [4.69, 9.17) is 10.6 Å². The van der Waals surface area contributed by atoms with Crippen molar-refractivity contribution in [3.05, 3.63) is 0 Å². The zero-order chi connectivity index (χ0) is 11.2. The van der Waals surface area contributed by atoms with Crippen molar-refractivity contribution >= 4 is 0 Å². The third-order valence-corrected chi connectivity index (χ3v) is 2.89. The van der Waals surface area contributed by atoms with E-state index in [-0.39, 0.29) is 11.6 Å². The number of nitrogens with one attached hydrogen (secondary N) is 1. The van der Waals surface area contributed by atoms with Gasteiger partial charge in [0.1, 0.15) is 0 Å². The minimum atomic E-state index is -0.188. The molecule has 0 fully saturated rings. The van der Waals surface area contributed by atoms with Crippen LogP contribution in [0.1, 0.15) is 47.5 Å². The quantitative estimate of drug-likeness (QED) is 0.491. The van der Waals surface area contributed by atoms with Gasteiger partial charge in [0.05, 0.1) is 5.60 Å². The van der Waals surface area contributed by atoms with Crippen LogP contribution < -0.4 is 11.3 Å². The lowest BCUT2D eigenvalue weighted by Crippen LogP contribution is -2.52. The van der Waals surface area contributed by atoms with E-state index in [0.717, 1.165) is 13.0 Å². The molecule has 0 aliphatic heterocycles. The Hall–Kier alpha value is -0.120. The molecule has 3 heteroatoms. The predicted molar refractivity (Wildman–Crippen MR) is 60.9 cm³/mol. The smallest absolute Gasteiger partial charge is 0.0792 e. The number of hydrogen-bond acceptors (Lipinski definition) is 3. The minimum Gasteiger partial charge on any atom is -0.374 e. The normalized spacial score (nSPS) is 16.7. The average molecular weight is 202 g/mol. The van der Waals surface area contributed by atoms with Crippen LogP contribution in [0, 0.1) is 5.92 Å². The number of rotatable bonds is 7. The molecule has 86 valence electrons. The van der Waals surface area contributed by atoms with Crippen molar-refractivity contribution < 1.29 is 4.74 Å². The molecule has 0 aliphatic carbocycles. The molecule has 3 nitrogen and oxygen atoms in total. The van der Waals surface area contributed by atoms with Crippen molar-refractivity contribution in [3.8, 4) is 0 Å². The fourth-order valence-electron chi connectivity index (χ4n) is 1.59. The molecule has 0 aromatic heterocycles. The zero-order valence-electron chi connectivity index (χ0n) is 10.3. The van der Waals surface area contributed by atoms with Crippen molar-refractivity contribution in [1.82, 2.24) is 5.43 Å². The molecule has 2 unspecified atom stereocenters. The molecule has 14 heavy (non-hydrogen) atoms. The summed E-state index contributed by atoms with van der Waals surface area (Å²) in [6.07, 6.45) is 2.24. The Kier molecular flexibility index (Phi) is 6.33. The Morgan fingerprint density at radius 2 is 1.93 bits per heavy atom. The average Bonchev–Trinajstić information content (AvgIpc) is 2.13. The van der Waals surface area contributed by atoms with E-state index in [1.807, 2.05) is 6.92 Å². The molecule has 0 rings (SSSR count). The van der Waals surface area contributed by atoms with E-state index < -0.39 is 0 Å². The Morgan fingerprint density at radius 1 is 1.36 bits per heavy atom. The maximum atomic E-state index is 5.69. The van der Waals surface area contributed by atoms with Gasteiger partial charge in [-0.15, -0.1) is 0 Å². The second kappa shape index (κ2) is 6.38. The lowest BCUT2D eigenvalue weighted by molar-refractivity contribution is -0.0433. The summed E-state index contributed by atoms with van der Waals surface area (Å²) in [5, 5.41) is 0. The molecular weight excluding hydrogens is 176 g/mol. The second-order valence-electron chi connectivity index (χ2n) is 4.50. The van der Waals surface area contributed by atoms with Crippen LogP contribution in [0.5, 0.6) is 0 Å². The lowest BCUT2D eigenvalue weighted by atomic mass is 9.89. The second-order valence-corrected chi connectivity index (χ2v) is 4.50. The maximum Gasteiger partial charge on any atom is 0.0792 e. The summed E-state index contributed by atoms with van der Waals surface area (Å²) in [7, 11) is 0. The Balaban J connectivity index is 4.23. The highest BCUT2D eigenvalue weighted by Crippen LogP contribution is 2.21. The molecule has 0 aromatic carbocycles. The van der Waals surface area contributed by atoms with E-state index in [2.05, 4.69) is 33.1 Å². The first kappa shape index (κ1) is 13.9. The highest BCUT2D eigenvalue weighted by molar-refractivity contribution is 4.85. The molecule has 0 aliphatic rings. The third kappa shape index (κ3) is 4.40. The summed E-state index contributed by atoms with van der Waals surface area (Å²) in [6, 6.07) is 0.220. The van der Waals surface area contributed by atoms with Gasteiger partial charge >= 0.3 is 0 Å². The molecule has 0 spiro atoms. The minimum absolute atomic E-state index is 0.188. The molecule has 2 atom stereocenters. The van der Waals surface area contributed by atoms with Gasteiger partial charge in [0, 0.05) is 12.6 Å². The number of hydrogen-bond donors (Lipinski definition) is 2. The molecule has 0 aromatic rings. The van der Waals surface area contributed by atoms with E-state index in [1.165, 1.54) is 6.42 Å². The highest BCUT2D eigenvalue weighted by Gasteiger charge is 2.29. The summed E-state index contributed by atoms with van der Waals surface area (Å²) in [6.45, 7) is 11.4. The summed E-state index contributed by atoms with van der Waals surface area (Å²) < 4.78 is 5.69. The van der Waals surface area contributed by atoms with Crippen molar-refractivity contribution in [2.75, 3.05) is 6.61 Å². The Labute approximate surface area is 88.4 Å². The molecule has 0 bridgehead atoms. The van der Waals surface area contributed by atoms with Crippen LogP contribution in [0.25, 0.3) is 0 Å². The maximum absolute atomic E-state index is 5.69. The summed E-state index contributed by atoms with van der Waals surface area (Å²) in [5.41, 5.74) is 2.68. The van der Waals surface area contributed by atoms with E-state index in [9.17, 15) is 0 Å². The highest BCUT2D eigenvalue weighted by atomic mass is 16.5. The van der Waals surface area contributed by atoms with Gasteiger partial charge in [-0.25, -0.2) is 0 Å². The van der Waals surface area contributed by atoms with Gasteiger partial charge in [-0.3, -0.25) is 11.3 Å². The van der Waals surface area contributed by atoms with Crippen molar-refractivity contribution in [2.24, 2.45) is 11.8 Å². The SMILES string of the molecule is CCOC(C)(C)C(CC(C)CC)NN. The van der Waals surface area contributed by atoms with E-state index in [1.54, 1.807) is 0 Å². The first-order valence-corrected chi connectivity index (χ1v) is 5.58. The largest absolute Gasteiger partial charge is 0.374 e. The van der Waals surface area contributed by atoms with Crippen molar-refractivity contribution in [2.45, 2.75) is 59.1 Å². The van der Waals surface area contributed by atoms with Gasteiger partial charge in [-0.1, -0.05) is 20.3 Å². The van der Waals surface area contributed by atoms with Crippen molar-refractivity contribution in [1.29, 1.82) is 0 Å². The Morgan fingerprint density at radius 3 is 2.29 bits per heavy atom. The number of hydrazine groups is 1. The van der Waals surface area contributed by atoms with E-state index >= 15 is 0 Å². The Bertz CT molecular complexity index is 148. The van der Waals surface area contributed by atoms with Crippen molar-refractivity contribution in [3.63, 3.8) is 0 Å². The monoisotopic (exact) mass is 202 g/mol. The van der Waals surface area contributed by atoms with Gasteiger partial charge < -0.3 is 4.74 Å². The fraction of sp³-hybridized carbons (Fsp3) is 1.00. The summed E-state index contributed by atoms with van der Waals surface area (Å²) >= 11 is 0.